The topological polar surface area (TPSA) is 25.2 Å². The van der Waals surface area contributed by atoms with Gasteiger partial charge in [-0.2, -0.15) is 0 Å². The maximum Gasteiger partial charge on any atom is 0.159 e. The molecule has 0 saturated carbocycles. The lowest BCUT2D eigenvalue weighted by Gasteiger charge is -2.11. The monoisotopic (exact) mass is 435 g/mol. The average molecular weight is 436 g/mol. The molecule has 0 fully saturated rings. The van der Waals surface area contributed by atoms with Gasteiger partial charge in [0, 0.05) is 16.5 Å². The molecule has 2 nitrogen and oxygen atoms in total. The lowest BCUT2D eigenvalue weighted by atomic mass is 10.0. The summed E-state index contributed by atoms with van der Waals surface area (Å²) in [6.45, 7) is 0. The molecule has 0 aliphatic carbocycles. The summed E-state index contributed by atoms with van der Waals surface area (Å²) in [6, 6.07) is 42.6. The molecule has 0 bridgehead atoms. The van der Waals surface area contributed by atoms with Gasteiger partial charge in [0.05, 0.1) is 5.69 Å². The molecular weight excluding hydrogens is 414 g/mol. The van der Waals surface area contributed by atoms with Gasteiger partial charge in [-0.15, -0.1) is 0 Å². The second kappa shape index (κ2) is 7.50. The molecule has 0 aliphatic heterocycles. The molecule has 1 N–H and O–H groups in total. The number of rotatable bonds is 3. The predicted molar refractivity (Wildman–Crippen MR) is 144 cm³/mol. The summed E-state index contributed by atoms with van der Waals surface area (Å²) in [7, 11) is 0. The van der Waals surface area contributed by atoms with Crippen LogP contribution in [-0.2, 0) is 0 Å². The molecule has 34 heavy (non-hydrogen) atoms. The maximum atomic E-state index is 6.35. The molecule has 0 unspecified atom stereocenters. The second-order valence-electron chi connectivity index (χ2n) is 8.72. The van der Waals surface area contributed by atoms with E-state index in [1.165, 1.54) is 32.7 Å². The third-order valence-corrected chi connectivity index (χ3v) is 6.60. The number of benzene rings is 6. The zero-order valence-electron chi connectivity index (χ0n) is 18.5. The zero-order chi connectivity index (χ0) is 22.5. The molecule has 1 heterocycles. The number of anilines is 2. The first-order valence-electron chi connectivity index (χ1n) is 11.5. The van der Waals surface area contributed by atoms with Gasteiger partial charge in [-0.1, -0.05) is 91.0 Å². The standard InChI is InChI=1S/C32H21NO/c1-2-8-21(9-3-1)22-14-15-24-19-26(17-16-23(24)18-22)33-29-20-25-10-4-5-11-27(25)31-28-12-6-7-13-30(28)34-32(29)31/h1-20,33H. The average Bonchev–Trinajstić information content (AvgIpc) is 3.29. The van der Waals surface area contributed by atoms with Crippen molar-refractivity contribution in [1.82, 2.24) is 0 Å². The molecule has 7 aromatic rings. The minimum absolute atomic E-state index is 0.888. The summed E-state index contributed by atoms with van der Waals surface area (Å²) >= 11 is 0. The van der Waals surface area contributed by atoms with Crippen LogP contribution in [0.2, 0.25) is 0 Å². The minimum Gasteiger partial charge on any atom is -0.454 e. The van der Waals surface area contributed by atoms with E-state index in [4.69, 9.17) is 4.42 Å². The summed E-state index contributed by atoms with van der Waals surface area (Å²) in [4.78, 5) is 0. The Bertz CT molecular complexity index is 1830. The predicted octanol–water partition coefficient (Wildman–Crippen LogP) is 9.30. The van der Waals surface area contributed by atoms with E-state index in [1.54, 1.807) is 0 Å². The fourth-order valence-electron chi connectivity index (χ4n) is 4.96. The quantitative estimate of drug-likeness (QED) is 0.299. The van der Waals surface area contributed by atoms with Crippen molar-refractivity contribution in [3.63, 3.8) is 0 Å². The first-order chi connectivity index (χ1) is 16.8. The summed E-state index contributed by atoms with van der Waals surface area (Å²) in [5, 5.41) is 10.8. The Morgan fingerprint density at radius 3 is 2.15 bits per heavy atom. The highest BCUT2D eigenvalue weighted by atomic mass is 16.3. The smallest absolute Gasteiger partial charge is 0.159 e. The van der Waals surface area contributed by atoms with Crippen LogP contribution in [-0.4, -0.2) is 0 Å². The van der Waals surface area contributed by atoms with Gasteiger partial charge in [0.25, 0.3) is 0 Å². The van der Waals surface area contributed by atoms with E-state index in [0.717, 1.165) is 33.3 Å². The molecule has 6 aromatic carbocycles. The number of fused-ring (bicyclic) bond motifs is 6. The SMILES string of the molecule is c1ccc(-c2ccc3cc(Nc4cc5ccccc5c5c4oc4ccccc45)ccc3c2)cc1. The highest BCUT2D eigenvalue weighted by Crippen LogP contribution is 2.40. The second-order valence-corrected chi connectivity index (χ2v) is 8.72. The van der Waals surface area contributed by atoms with Gasteiger partial charge in [0.2, 0.25) is 0 Å². The van der Waals surface area contributed by atoms with Gasteiger partial charge < -0.3 is 9.73 Å². The van der Waals surface area contributed by atoms with Crippen LogP contribution < -0.4 is 5.32 Å². The third-order valence-electron chi connectivity index (χ3n) is 6.60. The van der Waals surface area contributed by atoms with Crippen molar-refractivity contribution in [1.29, 1.82) is 0 Å². The van der Waals surface area contributed by atoms with E-state index >= 15 is 0 Å². The van der Waals surface area contributed by atoms with Crippen molar-refractivity contribution < 1.29 is 4.42 Å². The van der Waals surface area contributed by atoms with Crippen LogP contribution in [0.5, 0.6) is 0 Å². The lowest BCUT2D eigenvalue weighted by Crippen LogP contribution is -1.92. The fraction of sp³-hybridized carbons (Fsp3) is 0. The number of para-hydroxylation sites is 1. The van der Waals surface area contributed by atoms with Crippen molar-refractivity contribution in [2.45, 2.75) is 0 Å². The summed E-state index contributed by atoms with van der Waals surface area (Å²) in [5.74, 6) is 0. The first kappa shape index (κ1) is 19.0. The normalized spacial score (nSPS) is 11.5. The van der Waals surface area contributed by atoms with Crippen LogP contribution >= 0.6 is 0 Å². The van der Waals surface area contributed by atoms with Gasteiger partial charge in [-0.25, -0.2) is 0 Å². The zero-order valence-corrected chi connectivity index (χ0v) is 18.5. The van der Waals surface area contributed by atoms with Crippen LogP contribution in [0.25, 0.3) is 54.6 Å². The number of nitrogens with one attached hydrogen (secondary N) is 1. The van der Waals surface area contributed by atoms with Gasteiger partial charge in [0.15, 0.2) is 5.58 Å². The maximum absolute atomic E-state index is 6.35. The molecule has 0 saturated heterocycles. The van der Waals surface area contributed by atoms with Gasteiger partial charge in [-0.05, 0) is 63.0 Å². The van der Waals surface area contributed by atoms with Crippen molar-refractivity contribution in [2.75, 3.05) is 5.32 Å². The van der Waals surface area contributed by atoms with Crippen LogP contribution in [0.15, 0.2) is 126 Å². The number of furan rings is 1. The van der Waals surface area contributed by atoms with Crippen LogP contribution in [0, 0.1) is 0 Å². The number of hydrogen-bond acceptors (Lipinski definition) is 2. The fourth-order valence-corrected chi connectivity index (χ4v) is 4.96. The molecule has 0 aliphatic rings. The summed E-state index contributed by atoms with van der Waals surface area (Å²) < 4.78 is 6.35. The summed E-state index contributed by atoms with van der Waals surface area (Å²) in [6.07, 6.45) is 0. The molecule has 2 heteroatoms. The molecule has 160 valence electrons. The van der Waals surface area contributed by atoms with Gasteiger partial charge >= 0.3 is 0 Å². The van der Waals surface area contributed by atoms with Crippen LogP contribution in [0.4, 0.5) is 11.4 Å². The highest BCUT2D eigenvalue weighted by molar-refractivity contribution is 6.22. The Labute approximate surface area is 197 Å². The van der Waals surface area contributed by atoms with Gasteiger partial charge in [-0.3, -0.25) is 0 Å². The van der Waals surface area contributed by atoms with Crippen LogP contribution in [0.3, 0.4) is 0 Å². The molecule has 0 atom stereocenters. The molecular formula is C32H21NO. The molecule has 0 radical (unpaired) electrons. The highest BCUT2D eigenvalue weighted by Gasteiger charge is 2.15. The van der Waals surface area contributed by atoms with E-state index in [0.29, 0.717) is 0 Å². The largest absolute Gasteiger partial charge is 0.454 e. The van der Waals surface area contributed by atoms with Crippen molar-refractivity contribution in [3.05, 3.63) is 121 Å². The van der Waals surface area contributed by atoms with E-state index in [-0.39, 0.29) is 0 Å². The molecule has 0 amide bonds. The van der Waals surface area contributed by atoms with Crippen molar-refractivity contribution in [3.8, 4) is 11.1 Å². The van der Waals surface area contributed by atoms with Crippen molar-refractivity contribution >= 4 is 54.9 Å². The Morgan fingerprint density at radius 2 is 1.24 bits per heavy atom. The third kappa shape index (κ3) is 3.04. The Balaban J connectivity index is 1.35. The van der Waals surface area contributed by atoms with Crippen molar-refractivity contribution in [2.24, 2.45) is 0 Å². The first-order valence-corrected chi connectivity index (χ1v) is 11.5. The minimum atomic E-state index is 0.888. The Kier molecular flexibility index (Phi) is 4.18. The molecule has 7 rings (SSSR count). The van der Waals surface area contributed by atoms with E-state index < -0.39 is 0 Å². The Hall–Kier alpha value is -4.56. The van der Waals surface area contributed by atoms with Crippen LogP contribution in [0.1, 0.15) is 0 Å². The van der Waals surface area contributed by atoms with E-state index in [9.17, 15) is 0 Å². The molecule has 1 aromatic heterocycles. The lowest BCUT2D eigenvalue weighted by molar-refractivity contribution is 0.670. The molecule has 0 spiro atoms. The van der Waals surface area contributed by atoms with E-state index in [2.05, 4.69) is 108 Å². The van der Waals surface area contributed by atoms with E-state index in [1.807, 2.05) is 18.2 Å². The number of hydrogen-bond donors (Lipinski definition) is 1. The van der Waals surface area contributed by atoms with Gasteiger partial charge in [0.1, 0.15) is 5.58 Å². The summed E-state index contributed by atoms with van der Waals surface area (Å²) in [5.41, 5.74) is 6.27. The Morgan fingerprint density at radius 1 is 0.500 bits per heavy atom.